The Labute approximate surface area is 155 Å². The highest BCUT2D eigenvalue weighted by molar-refractivity contribution is 5.81. The summed E-state index contributed by atoms with van der Waals surface area (Å²) in [5.41, 5.74) is 0. The van der Waals surface area contributed by atoms with E-state index in [0.717, 1.165) is 18.6 Å². The van der Waals surface area contributed by atoms with E-state index in [1.807, 2.05) is 13.8 Å². The predicted molar refractivity (Wildman–Crippen MR) is 103 cm³/mol. The first-order chi connectivity index (χ1) is 11.9. The van der Waals surface area contributed by atoms with Gasteiger partial charge in [0.25, 0.3) is 12.2 Å². The normalized spacial score (nSPS) is 14.0. The topological polar surface area (TPSA) is 79.6 Å². The molecule has 1 aliphatic heterocycles. The molecule has 1 heterocycles. The third kappa shape index (κ3) is 27.5. The molecular formula is C19H40N2O4. The highest BCUT2D eigenvalue weighted by Crippen LogP contribution is 2.15. The number of rotatable bonds is 3. The Morgan fingerprint density at radius 1 is 1.28 bits per heavy atom. The number of nitrogens with zero attached hydrogens (tertiary/aromatic N) is 2. The summed E-state index contributed by atoms with van der Waals surface area (Å²) in [6.45, 7) is 15.1. The van der Waals surface area contributed by atoms with Gasteiger partial charge in [0.1, 0.15) is 6.29 Å². The molecule has 0 spiro atoms. The maximum Gasteiger partial charge on any atom is 0.286 e. The molecule has 1 saturated heterocycles. The molecule has 150 valence electrons. The molecule has 1 aliphatic rings. The fourth-order valence-corrected chi connectivity index (χ4v) is 1.42. The van der Waals surface area contributed by atoms with Crippen LogP contribution in [0.4, 0.5) is 0 Å². The average Bonchev–Trinajstić information content (AvgIpc) is 3.04. The van der Waals surface area contributed by atoms with Crippen molar-refractivity contribution in [3.05, 3.63) is 0 Å². The SMILES string of the molecule is CC.CC(C)C.CCC.COC.N#COCC(=O)N1CCCC1C=O. The largest absolute Gasteiger partial charge is 0.417 e. The van der Waals surface area contributed by atoms with Gasteiger partial charge in [-0.1, -0.05) is 54.9 Å². The van der Waals surface area contributed by atoms with E-state index in [2.05, 4.69) is 44.1 Å². The van der Waals surface area contributed by atoms with Gasteiger partial charge in [-0.3, -0.25) is 4.79 Å². The number of likely N-dealkylation sites (tertiary alicyclic amines) is 1. The van der Waals surface area contributed by atoms with Crippen molar-refractivity contribution >= 4 is 12.2 Å². The molecule has 6 heteroatoms. The van der Waals surface area contributed by atoms with Crippen LogP contribution in [0.5, 0.6) is 0 Å². The number of carbonyl (C=O) groups is 2. The lowest BCUT2D eigenvalue weighted by molar-refractivity contribution is -0.137. The molecule has 1 unspecified atom stereocenters. The smallest absolute Gasteiger partial charge is 0.286 e. The standard InChI is InChI=1S/C8H10N2O3.C4H10.C3H8.C2H6O.C2H6/c9-6-13-5-8(12)10-3-1-2-7(10)4-11;1-4(2)3;2*1-3-2;1-2/h4,7H,1-3,5H2;4H,1-3H3;3H2,1-2H3;1-2H3;1-2H3. The molecule has 0 radical (unpaired) electrons. The number of hydrogen-bond acceptors (Lipinski definition) is 5. The number of amides is 1. The number of hydrogen-bond donors (Lipinski definition) is 0. The van der Waals surface area contributed by atoms with Crippen molar-refractivity contribution in [2.45, 2.75) is 73.8 Å². The zero-order chi connectivity index (χ0) is 20.7. The van der Waals surface area contributed by atoms with Crippen molar-refractivity contribution < 1.29 is 19.1 Å². The minimum Gasteiger partial charge on any atom is -0.417 e. The van der Waals surface area contributed by atoms with Crippen molar-refractivity contribution in [2.75, 3.05) is 27.4 Å². The van der Waals surface area contributed by atoms with Crippen LogP contribution in [0, 0.1) is 17.4 Å². The molecular weight excluding hydrogens is 320 g/mol. The maximum atomic E-state index is 11.3. The molecule has 0 aromatic heterocycles. The molecule has 1 rings (SSSR count). The first-order valence-corrected chi connectivity index (χ1v) is 9.01. The number of methoxy groups -OCH3 is 1. The monoisotopic (exact) mass is 360 g/mol. The first-order valence-electron chi connectivity index (χ1n) is 9.01. The van der Waals surface area contributed by atoms with Gasteiger partial charge < -0.3 is 19.2 Å². The quantitative estimate of drug-likeness (QED) is 0.560. The van der Waals surface area contributed by atoms with Crippen LogP contribution in [0.3, 0.4) is 0 Å². The Kier molecular flexibility index (Phi) is 34.0. The van der Waals surface area contributed by atoms with E-state index in [9.17, 15) is 9.59 Å². The number of aldehydes is 1. The first kappa shape index (κ1) is 31.2. The number of ether oxygens (including phenoxy) is 2. The lowest BCUT2D eigenvalue weighted by atomic mass is 10.2. The van der Waals surface area contributed by atoms with Gasteiger partial charge in [0.05, 0.1) is 6.04 Å². The molecule has 1 atom stereocenters. The van der Waals surface area contributed by atoms with Crippen molar-refractivity contribution in [2.24, 2.45) is 5.92 Å². The minimum absolute atomic E-state index is 0.263. The van der Waals surface area contributed by atoms with Gasteiger partial charge in [-0.15, -0.1) is 0 Å². The molecule has 1 amide bonds. The van der Waals surface area contributed by atoms with Gasteiger partial charge in [-0.25, -0.2) is 0 Å². The second kappa shape index (κ2) is 27.2. The third-order valence-corrected chi connectivity index (χ3v) is 2.04. The summed E-state index contributed by atoms with van der Waals surface area (Å²) in [4.78, 5) is 23.2. The van der Waals surface area contributed by atoms with E-state index in [1.54, 1.807) is 14.2 Å². The summed E-state index contributed by atoms with van der Waals surface area (Å²) in [5, 5.41) is 8.07. The summed E-state index contributed by atoms with van der Waals surface area (Å²) < 4.78 is 8.55. The molecule has 0 saturated carbocycles. The second-order valence-electron chi connectivity index (χ2n) is 5.66. The molecule has 0 bridgehead atoms. The number of carbonyl (C=O) groups excluding carboxylic acids is 2. The summed E-state index contributed by atoms with van der Waals surface area (Å²) in [6.07, 6.45) is 4.98. The van der Waals surface area contributed by atoms with E-state index in [0.29, 0.717) is 13.0 Å². The molecule has 1 fully saturated rings. The van der Waals surface area contributed by atoms with Gasteiger partial charge in [-0.2, -0.15) is 5.26 Å². The Balaban J connectivity index is -0.000000152. The fraction of sp³-hybridized carbons (Fsp3) is 0.842. The van der Waals surface area contributed by atoms with Gasteiger partial charge in [0.2, 0.25) is 0 Å². The summed E-state index contributed by atoms with van der Waals surface area (Å²) in [5.74, 6) is 0.538. The summed E-state index contributed by atoms with van der Waals surface area (Å²) >= 11 is 0. The summed E-state index contributed by atoms with van der Waals surface area (Å²) in [6, 6.07) is -0.324. The van der Waals surface area contributed by atoms with Crippen LogP contribution in [0.25, 0.3) is 0 Å². The van der Waals surface area contributed by atoms with Crippen LogP contribution in [0.2, 0.25) is 0 Å². The molecule has 25 heavy (non-hydrogen) atoms. The van der Waals surface area contributed by atoms with Crippen molar-refractivity contribution in [1.29, 1.82) is 5.26 Å². The maximum absolute atomic E-state index is 11.3. The Morgan fingerprint density at radius 2 is 1.68 bits per heavy atom. The van der Waals surface area contributed by atoms with E-state index in [4.69, 9.17) is 5.26 Å². The molecule has 6 nitrogen and oxygen atoms in total. The van der Waals surface area contributed by atoms with E-state index in [1.165, 1.54) is 17.6 Å². The van der Waals surface area contributed by atoms with Crippen LogP contribution >= 0.6 is 0 Å². The van der Waals surface area contributed by atoms with Gasteiger partial charge in [0, 0.05) is 20.8 Å². The van der Waals surface area contributed by atoms with Crippen molar-refractivity contribution in [3.8, 4) is 6.26 Å². The molecule has 0 aliphatic carbocycles. The predicted octanol–water partition coefficient (Wildman–Crippen LogP) is 4.04. The minimum atomic E-state index is -0.324. The lowest BCUT2D eigenvalue weighted by Crippen LogP contribution is -2.38. The highest BCUT2D eigenvalue weighted by atomic mass is 16.5. The zero-order valence-electron chi connectivity index (χ0n) is 17.8. The van der Waals surface area contributed by atoms with Gasteiger partial charge >= 0.3 is 0 Å². The van der Waals surface area contributed by atoms with Crippen LogP contribution in [0.1, 0.15) is 67.7 Å². The van der Waals surface area contributed by atoms with E-state index in [-0.39, 0.29) is 18.6 Å². The van der Waals surface area contributed by atoms with Crippen LogP contribution in [0.15, 0.2) is 0 Å². The lowest BCUT2D eigenvalue weighted by Gasteiger charge is -2.18. The Bertz CT molecular complexity index is 310. The molecule has 0 aromatic rings. The van der Waals surface area contributed by atoms with Crippen LogP contribution in [-0.2, 0) is 19.1 Å². The Hall–Kier alpha value is -1.61. The van der Waals surface area contributed by atoms with Crippen molar-refractivity contribution in [1.82, 2.24) is 4.90 Å². The van der Waals surface area contributed by atoms with Gasteiger partial charge in [0.15, 0.2) is 6.61 Å². The Morgan fingerprint density at radius 3 is 2.00 bits per heavy atom. The molecule has 0 N–H and O–H groups in total. The fourth-order valence-electron chi connectivity index (χ4n) is 1.42. The molecule has 0 aromatic carbocycles. The van der Waals surface area contributed by atoms with Crippen molar-refractivity contribution in [3.63, 3.8) is 0 Å². The van der Waals surface area contributed by atoms with E-state index < -0.39 is 0 Å². The highest BCUT2D eigenvalue weighted by Gasteiger charge is 2.28. The van der Waals surface area contributed by atoms with E-state index >= 15 is 0 Å². The summed E-state index contributed by atoms with van der Waals surface area (Å²) in [7, 11) is 3.25. The van der Waals surface area contributed by atoms with Gasteiger partial charge in [-0.05, 0) is 18.8 Å². The third-order valence-electron chi connectivity index (χ3n) is 2.04. The van der Waals surface area contributed by atoms with Crippen LogP contribution in [-0.4, -0.2) is 50.5 Å². The van der Waals surface area contributed by atoms with Crippen LogP contribution < -0.4 is 0 Å². The zero-order valence-corrected chi connectivity index (χ0v) is 17.8. The number of nitriles is 1. The second-order valence-corrected chi connectivity index (χ2v) is 5.66. The average molecular weight is 361 g/mol.